The van der Waals surface area contributed by atoms with E-state index in [0.717, 1.165) is 47.9 Å². The van der Waals surface area contributed by atoms with E-state index in [9.17, 15) is 14.7 Å². The first-order valence-electron chi connectivity index (χ1n) is 10.5. The molecule has 9 nitrogen and oxygen atoms in total. The lowest BCUT2D eigenvalue weighted by molar-refractivity contribution is -0.705. The highest BCUT2D eigenvalue weighted by Crippen LogP contribution is 2.38. The Hall–Kier alpha value is -3.05. The average molecular weight is 490 g/mol. The normalized spacial score (nSPS) is 12.8. The number of nitrogens with one attached hydrogen (secondary N) is 1. The van der Waals surface area contributed by atoms with Crippen LogP contribution in [0.25, 0.3) is 5.69 Å². The van der Waals surface area contributed by atoms with Gasteiger partial charge in [0.25, 0.3) is 5.03 Å². The van der Waals surface area contributed by atoms with Crippen LogP contribution >= 0.6 is 23.1 Å². The largest absolute Gasteiger partial charge is 0.538 e. The van der Waals surface area contributed by atoms with Crippen LogP contribution in [0.2, 0.25) is 0 Å². The van der Waals surface area contributed by atoms with Gasteiger partial charge in [-0.2, -0.15) is 0 Å². The monoisotopic (exact) mass is 489 g/mol. The maximum absolute atomic E-state index is 12.7. The van der Waals surface area contributed by atoms with Crippen LogP contribution in [0.5, 0.6) is 11.7 Å². The van der Waals surface area contributed by atoms with Gasteiger partial charge in [0, 0.05) is 17.0 Å². The van der Waals surface area contributed by atoms with Crippen molar-refractivity contribution in [3.8, 4) is 17.4 Å². The number of ether oxygens (including phenoxy) is 2. The van der Waals surface area contributed by atoms with Crippen LogP contribution in [0.15, 0.2) is 33.8 Å². The second-order valence-corrected chi connectivity index (χ2v) is 9.32. The number of aromatic nitrogens is 2. The number of aryl methyl sites for hydroxylation is 1. The molecule has 1 aliphatic carbocycles. The highest BCUT2D eigenvalue weighted by atomic mass is 32.2. The van der Waals surface area contributed by atoms with Crippen molar-refractivity contribution >= 4 is 40.0 Å². The molecule has 11 heteroatoms. The number of hydrogen-bond acceptors (Lipinski definition) is 9. The first kappa shape index (κ1) is 23.1. The van der Waals surface area contributed by atoms with E-state index >= 15 is 0 Å². The number of carbonyl (C=O) groups excluding carboxylic acids is 2. The maximum Gasteiger partial charge on any atom is 0.341 e. The van der Waals surface area contributed by atoms with Crippen molar-refractivity contribution in [2.24, 2.45) is 0 Å². The van der Waals surface area contributed by atoms with Crippen molar-refractivity contribution in [3.05, 3.63) is 40.3 Å². The number of hydrogen-bond donors (Lipinski definition) is 1. The Labute approximate surface area is 198 Å². The van der Waals surface area contributed by atoms with Crippen molar-refractivity contribution in [1.82, 2.24) is 5.27 Å². The number of esters is 1. The van der Waals surface area contributed by atoms with Gasteiger partial charge in [-0.25, -0.2) is 4.79 Å². The number of amides is 1. The molecule has 2 heterocycles. The van der Waals surface area contributed by atoms with Gasteiger partial charge in [0.15, 0.2) is 5.95 Å². The van der Waals surface area contributed by atoms with E-state index < -0.39 is 11.9 Å². The summed E-state index contributed by atoms with van der Waals surface area (Å²) in [6.45, 7) is 2.01. The van der Waals surface area contributed by atoms with Crippen LogP contribution in [0.4, 0.5) is 5.00 Å². The number of fused-ring (bicyclic) bond motifs is 1. The van der Waals surface area contributed by atoms with Gasteiger partial charge < -0.3 is 24.4 Å². The fourth-order valence-electron chi connectivity index (χ4n) is 3.62. The van der Waals surface area contributed by atoms with Gasteiger partial charge in [-0.1, -0.05) is 0 Å². The van der Waals surface area contributed by atoms with Crippen molar-refractivity contribution in [1.29, 1.82) is 0 Å². The van der Waals surface area contributed by atoms with E-state index in [1.54, 1.807) is 38.3 Å². The Balaban J connectivity index is 1.49. The molecule has 1 aliphatic rings. The van der Waals surface area contributed by atoms with E-state index in [4.69, 9.17) is 14.0 Å². The highest BCUT2D eigenvalue weighted by Gasteiger charge is 2.28. The second-order valence-electron chi connectivity index (χ2n) is 7.25. The number of nitrogens with zero attached hydrogens (tertiary/aromatic N) is 2. The molecule has 4 rings (SSSR count). The molecular formula is C22H23N3O6S2. The standard InChI is InChI=1S/C22H23N3O6S2/c1-3-30-21(27)18-15-6-4-5-7-16(15)33-19(18)23-17(26)12-32-20-22(28)31-24-25(20)13-8-10-14(29-2)11-9-13/h8-11H,3-7,12H2,1-2H3,(H-,23,24,26,27,28). The minimum atomic E-state index is -0.637. The van der Waals surface area contributed by atoms with Crippen LogP contribution in [0.1, 0.15) is 40.6 Å². The summed E-state index contributed by atoms with van der Waals surface area (Å²) in [5.74, 6) is -0.793. The number of carbonyl (C=O) groups is 2. The smallest absolute Gasteiger partial charge is 0.341 e. The summed E-state index contributed by atoms with van der Waals surface area (Å²) < 4.78 is 16.5. The zero-order chi connectivity index (χ0) is 23.4. The zero-order valence-electron chi connectivity index (χ0n) is 18.2. The summed E-state index contributed by atoms with van der Waals surface area (Å²) in [6.07, 6.45) is 3.75. The Morgan fingerprint density at radius 1 is 1.27 bits per heavy atom. The molecule has 1 amide bonds. The molecule has 174 valence electrons. The minimum absolute atomic E-state index is 0.0581. The fourth-order valence-corrected chi connectivity index (χ4v) is 5.67. The first-order chi connectivity index (χ1) is 16.0. The highest BCUT2D eigenvalue weighted by molar-refractivity contribution is 7.99. The first-order valence-corrected chi connectivity index (χ1v) is 12.3. The molecule has 1 N–H and O–H groups in total. The van der Waals surface area contributed by atoms with Gasteiger partial charge in [-0.15, -0.1) is 11.3 Å². The number of rotatable bonds is 8. The van der Waals surface area contributed by atoms with E-state index in [0.29, 0.717) is 22.0 Å². The van der Waals surface area contributed by atoms with Crippen LogP contribution < -0.4 is 19.8 Å². The fraction of sp³-hybridized carbons (Fsp3) is 0.364. The molecule has 2 aromatic heterocycles. The van der Waals surface area contributed by atoms with Gasteiger partial charge in [-0.05, 0) is 66.7 Å². The topological polar surface area (TPSA) is 118 Å². The Kier molecular flexibility index (Phi) is 7.19. The molecule has 0 atom stereocenters. The summed E-state index contributed by atoms with van der Waals surface area (Å²) >= 11 is 2.43. The van der Waals surface area contributed by atoms with Gasteiger partial charge in [0.2, 0.25) is 11.6 Å². The lowest BCUT2D eigenvalue weighted by Gasteiger charge is -2.12. The molecule has 0 aliphatic heterocycles. The molecule has 0 bridgehead atoms. The number of benzene rings is 1. The third kappa shape index (κ3) is 4.98. The van der Waals surface area contributed by atoms with E-state index in [2.05, 4.69) is 10.6 Å². The third-order valence-corrected chi connectivity index (χ3v) is 7.36. The molecule has 3 aromatic rings. The SMILES string of the molecule is CCOC(=O)c1c(NC(=O)CSc2c([O-])on[n+]2-c2ccc(OC)cc2)sc2c1CCCC2. The minimum Gasteiger partial charge on any atom is -0.538 e. The molecule has 33 heavy (non-hydrogen) atoms. The molecular weight excluding hydrogens is 466 g/mol. The van der Waals surface area contributed by atoms with E-state index in [-0.39, 0.29) is 23.3 Å². The number of thioether (sulfide) groups is 1. The van der Waals surface area contributed by atoms with Crippen molar-refractivity contribution in [3.63, 3.8) is 0 Å². The summed E-state index contributed by atoms with van der Waals surface area (Å²) in [5, 5.41) is 19.5. The quantitative estimate of drug-likeness (QED) is 0.292. The molecule has 0 spiro atoms. The Bertz CT molecular complexity index is 1160. The van der Waals surface area contributed by atoms with Crippen molar-refractivity contribution < 1.29 is 33.4 Å². The maximum atomic E-state index is 12.7. The second kappa shape index (κ2) is 10.3. The summed E-state index contributed by atoms with van der Waals surface area (Å²) in [6, 6.07) is 6.93. The number of thiophene rings is 1. The van der Waals surface area contributed by atoms with Gasteiger partial charge in [0.05, 0.1) is 30.3 Å². The van der Waals surface area contributed by atoms with Crippen LogP contribution in [0, 0.1) is 0 Å². The molecule has 0 saturated carbocycles. The summed E-state index contributed by atoms with van der Waals surface area (Å²) in [7, 11) is 1.56. The van der Waals surface area contributed by atoms with E-state index in [1.165, 1.54) is 16.0 Å². The molecule has 0 fully saturated rings. The van der Waals surface area contributed by atoms with Crippen molar-refractivity contribution in [2.45, 2.75) is 37.6 Å². The molecule has 0 radical (unpaired) electrons. The summed E-state index contributed by atoms with van der Waals surface area (Å²) in [5.41, 5.74) is 2.03. The third-order valence-electron chi connectivity index (χ3n) is 5.13. The van der Waals surface area contributed by atoms with Gasteiger partial charge in [0.1, 0.15) is 10.8 Å². The predicted octanol–water partition coefficient (Wildman–Crippen LogP) is 2.88. The average Bonchev–Trinajstić information content (AvgIpc) is 3.37. The molecule has 1 aromatic carbocycles. The molecule has 0 unspecified atom stereocenters. The molecule has 0 saturated heterocycles. The van der Waals surface area contributed by atoms with E-state index in [1.807, 2.05) is 0 Å². The lowest BCUT2D eigenvalue weighted by atomic mass is 9.95. The van der Waals surface area contributed by atoms with Crippen LogP contribution in [0.3, 0.4) is 0 Å². The van der Waals surface area contributed by atoms with Crippen LogP contribution in [-0.4, -0.2) is 36.6 Å². The lowest BCUT2D eigenvalue weighted by Crippen LogP contribution is -2.35. The van der Waals surface area contributed by atoms with Gasteiger partial charge in [-0.3, -0.25) is 4.79 Å². The predicted molar refractivity (Wildman–Crippen MR) is 120 cm³/mol. The Morgan fingerprint density at radius 2 is 2.03 bits per heavy atom. The van der Waals surface area contributed by atoms with Gasteiger partial charge >= 0.3 is 5.97 Å². The number of anilines is 1. The number of methoxy groups -OCH3 is 1. The van der Waals surface area contributed by atoms with Crippen molar-refractivity contribution in [2.75, 3.05) is 24.8 Å². The van der Waals surface area contributed by atoms with Crippen LogP contribution in [-0.2, 0) is 22.4 Å². The zero-order valence-corrected chi connectivity index (χ0v) is 19.8. The Morgan fingerprint density at radius 3 is 2.76 bits per heavy atom. The summed E-state index contributed by atoms with van der Waals surface area (Å²) in [4.78, 5) is 26.4.